The van der Waals surface area contributed by atoms with Gasteiger partial charge in [-0.2, -0.15) is 0 Å². The summed E-state index contributed by atoms with van der Waals surface area (Å²) in [5.74, 6) is -0.313. The van der Waals surface area contributed by atoms with E-state index in [9.17, 15) is 14.4 Å². The molecular weight excluding hydrogens is 384 g/mol. The predicted octanol–water partition coefficient (Wildman–Crippen LogP) is 2.29. The topological polar surface area (TPSA) is 114 Å². The summed E-state index contributed by atoms with van der Waals surface area (Å²) in [6, 6.07) is 10.4. The minimum atomic E-state index is -0.545. The van der Waals surface area contributed by atoms with Crippen molar-refractivity contribution >= 4 is 34.8 Å². The Bertz CT molecular complexity index is 999. The number of hydrogen-bond acceptors (Lipinski definition) is 5. The second-order valence-corrected chi connectivity index (χ2v) is 7.49. The van der Waals surface area contributed by atoms with Crippen LogP contribution in [0.4, 0.5) is 17.1 Å². The van der Waals surface area contributed by atoms with E-state index >= 15 is 0 Å². The van der Waals surface area contributed by atoms with E-state index in [0.717, 1.165) is 42.9 Å². The van der Waals surface area contributed by atoms with Gasteiger partial charge in [0.15, 0.2) is 6.61 Å². The molecule has 1 saturated heterocycles. The molecule has 0 unspecified atom stereocenters. The Kier molecular flexibility index (Phi) is 5.56. The number of fused-ring (bicyclic) bond motifs is 1. The Morgan fingerprint density at radius 1 is 1.10 bits per heavy atom. The number of nitrogens with two attached hydrogens (primary N) is 1. The van der Waals surface area contributed by atoms with E-state index in [2.05, 4.69) is 15.5 Å². The van der Waals surface area contributed by atoms with Crippen molar-refractivity contribution in [2.45, 2.75) is 25.7 Å². The number of anilines is 3. The van der Waals surface area contributed by atoms with Gasteiger partial charge in [0.1, 0.15) is 5.75 Å². The van der Waals surface area contributed by atoms with Crippen molar-refractivity contribution in [3.8, 4) is 5.75 Å². The minimum absolute atomic E-state index is 0.00236. The van der Waals surface area contributed by atoms with E-state index in [-0.39, 0.29) is 18.4 Å². The summed E-state index contributed by atoms with van der Waals surface area (Å²) in [6.07, 6.45) is 3.26. The maximum atomic E-state index is 12.5. The van der Waals surface area contributed by atoms with Gasteiger partial charge in [-0.05, 0) is 61.2 Å². The van der Waals surface area contributed by atoms with Gasteiger partial charge in [0.2, 0.25) is 11.8 Å². The fourth-order valence-corrected chi connectivity index (χ4v) is 3.81. The number of aryl methyl sites for hydroxylation is 1. The van der Waals surface area contributed by atoms with Crippen LogP contribution >= 0.6 is 0 Å². The second kappa shape index (κ2) is 8.44. The summed E-state index contributed by atoms with van der Waals surface area (Å²) in [7, 11) is 0. The van der Waals surface area contributed by atoms with E-state index in [4.69, 9.17) is 10.5 Å². The molecule has 0 aromatic heterocycles. The largest absolute Gasteiger partial charge is 0.484 e. The Labute approximate surface area is 174 Å². The van der Waals surface area contributed by atoms with Crippen LogP contribution < -0.4 is 26.0 Å². The van der Waals surface area contributed by atoms with Gasteiger partial charge in [-0.1, -0.05) is 0 Å². The van der Waals surface area contributed by atoms with Crippen LogP contribution in [0.1, 0.15) is 35.2 Å². The Hall–Kier alpha value is -3.55. The van der Waals surface area contributed by atoms with Gasteiger partial charge in [0.05, 0.1) is 11.4 Å². The fraction of sp³-hybridized carbons (Fsp3) is 0.318. The van der Waals surface area contributed by atoms with Crippen LogP contribution in [0, 0.1) is 0 Å². The molecule has 3 amide bonds. The molecule has 30 heavy (non-hydrogen) atoms. The lowest BCUT2D eigenvalue weighted by molar-refractivity contribution is -0.118. The highest BCUT2D eigenvalue weighted by Crippen LogP contribution is 2.30. The molecule has 2 aromatic carbocycles. The zero-order valence-electron chi connectivity index (χ0n) is 16.6. The van der Waals surface area contributed by atoms with Crippen LogP contribution in [0.3, 0.4) is 0 Å². The monoisotopic (exact) mass is 408 g/mol. The SMILES string of the molecule is NC(=O)c1ccc(N2CCCC2)c(NC(=O)COc2ccc3c(c2)CCC(=O)N3)c1. The van der Waals surface area contributed by atoms with Gasteiger partial charge in [0, 0.05) is 30.8 Å². The number of carbonyl (C=O) groups is 3. The van der Waals surface area contributed by atoms with Crippen LogP contribution in [0.5, 0.6) is 5.75 Å². The van der Waals surface area contributed by atoms with Gasteiger partial charge in [-0.25, -0.2) is 0 Å². The third kappa shape index (κ3) is 4.37. The van der Waals surface area contributed by atoms with Crippen molar-refractivity contribution in [1.82, 2.24) is 0 Å². The summed E-state index contributed by atoms with van der Waals surface area (Å²) in [5, 5.41) is 5.67. The molecule has 1 fully saturated rings. The first-order valence-electron chi connectivity index (χ1n) is 10.0. The molecule has 156 valence electrons. The van der Waals surface area contributed by atoms with Crippen LogP contribution in [-0.4, -0.2) is 37.4 Å². The fourth-order valence-electron chi connectivity index (χ4n) is 3.81. The van der Waals surface area contributed by atoms with Crippen molar-refractivity contribution in [2.24, 2.45) is 5.73 Å². The van der Waals surface area contributed by atoms with Crippen molar-refractivity contribution in [3.05, 3.63) is 47.5 Å². The summed E-state index contributed by atoms with van der Waals surface area (Å²) in [5.41, 5.74) is 8.92. The van der Waals surface area contributed by atoms with Gasteiger partial charge >= 0.3 is 0 Å². The number of carbonyl (C=O) groups excluding carboxylic acids is 3. The molecule has 4 rings (SSSR count). The van der Waals surface area contributed by atoms with Gasteiger partial charge < -0.3 is 26.0 Å². The molecular formula is C22H24N4O4. The zero-order chi connectivity index (χ0) is 21.1. The third-order valence-corrected chi connectivity index (χ3v) is 5.34. The molecule has 0 spiro atoms. The average Bonchev–Trinajstić information content (AvgIpc) is 3.26. The van der Waals surface area contributed by atoms with E-state index in [1.165, 1.54) is 0 Å². The molecule has 8 nitrogen and oxygen atoms in total. The van der Waals surface area contributed by atoms with Crippen LogP contribution in [0.25, 0.3) is 0 Å². The molecule has 0 atom stereocenters. The van der Waals surface area contributed by atoms with Crippen LogP contribution in [0.2, 0.25) is 0 Å². The third-order valence-electron chi connectivity index (χ3n) is 5.34. The molecule has 2 aliphatic rings. The van der Waals surface area contributed by atoms with Crippen molar-refractivity contribution in [3.63, 3.8) is 0 Å². The number of benzene rings is 2. The average molecular weight is 408 g/mol. The molecule has 2 aliphatic heterocycles. The number of nitrogens with zero attached hydrogens (tertiary/aromatic N) is 1. The van der Waals surface area contributed by atoms with Crippen LogP contribution in [0.15, 0.2) is 36.4 Å². The molecule has 0 radical (unpaired) electrons. The lowest BCUT2D eigenvalue weighted by Gasteiger charge is -2.22. The summed E-state index contributed by atoms with van der Waals surface area (Å²) in [4.78, 5) is 37.7. The quantitative estimate of drug-likeness (QED) is 0.679. The van der Waals surface area contributed by atoms with E-state index < -0.39 is 5.91 Å². The Morgan fingerprint density at radius 2 is 1.90 bits per heavy atom. The molecule has 0 bridgehead atoms. The highest BCUT2D eigenvalue weighted by Gasteiger charge is 2.19. The lowest BCUT2D eigenvalue weighted by Crippen LogP contribution is -2.25. The number of rotatable bonds is 6. The van der Waals surface area contributed by atoms with Crippen molar-refractivity contribution in [2.75, 3.05) is 35.2 Å². The molecule has 2 aromatic rings. The Balaban J connectivity index is 1.44. The number of nitrogens with one attached hydrogen (secondary N) is 2. The molecule has 8 heteroatoms. The number of amides is 3. The summed E-state index contributed by atoms with van der Waals surface area (Å²) >= 11 is 0. The predicted molar refractivity (Wildman–Crippen MR) is 114 cm³/mol. The highest BCUT2D eigenvalue weighted by molar-refractivity contribution is 6.00. The first kappa shape index (κ1) is 19.8. The van der Waals surface area contributed by atoms with Gasteiger partial charge in [-0.15, -0.1) is 0 Å². The minimum Gasteiger partial charge on any atom is -0.484 e. The first-order valence-corrected chi connectivity index (χ1v) is 10.0. The van der Waals surface area contributed by atoms with E-state index in [1.807, 2.05) is 12.1 Å². The van der Waals surface area contributed by atoms with Gasteiger partial charge in [-0.3, -0.25) is 14.4 Å². The second-order valence-electron chi connectivity index (χ2n) is 7.49. The van der Waals surface area contributed by atoms with E-state index in [0.29, 0.717) is 29.8 Å². The van der Waals surface area contributed by atoms with Crippen LogP contribution in [-0.2, 0) is 16.0 Å². The van der Waals surface area contributed by atoms with Crippen molar-refractivity contribution < 1.29 is 19.1 Å². The van der Waals surface area contributed by atoms with E-state index in [1.54, 1.807) is 24.3 Å². The number of primary amides is 1. The highest BCUT2D eigenvalue weighted by atomic mass is 16.5. The molecule has 2 heterocycles. The molecule has 0 saturated carbocycles. The lowest BCUT2D eigenvalue weighted by atomic mass is 10.0. The maximum absolute atomic E-state index is 12.5. The standard InChI is InChI=1S/C22H24N4O4/c23-22(29)15-3-7-19(26-9-1-2-10-26)18(12-15)25-21(28)13-30-16-5-6-17-14(11-16)4-8-20(27)24-17/h3,5-7,11-12H,1-2,4,8-10,13H2,(H2,23,29)(H,24,27)(H,25,28). The smallest absolute Gasteiger partial charge is 0.262 e. The van der Waals surface area contributed by atoms with Crippen molar-refractivity contribution in [1.29, 1.82) is 0 Å². The number of ether oxygens (including phenoxy) is 1. The normalized spacial score (nSPS) is 15.3. The summed E-state index contributed by atoms with van der Waals surface area (Å²) < 4.78 is 5.65. The summed E-state index contributed by atoms with van der Waals surface area (Å²) in [6.45, 7) is 1.63. The Morgan fingerprint density at radius 3 is 2.67 bits per heavy atom. The molecule has 0 aliphatic carbocycles. The number of hydrogen-bond donors (Lipinski definition) is 3. The first-order chi connectivity index (χ1) is 14.5. The molecule has 4 N–H and O–H groups in total. The maximum Gasteiger partial charge on any atom is 0.262 e. The zero-order valence-corrected chi connectivity index (χ0v) is 16.6. The van der Waals surface area contributed by atoms with Gasteiger partial charge in [0.25, 0.3) is 5.91 Å².